The summed E-state index contributed by atoms with van der Waals surface area (Å²) < 4.78 is 10.8. The zero-order chi connectivity index (χ0) is 19.5. The number of fused-ring (bicyclic) bond motifs is 1. The van der Waals surface area contributed by atoms with Gasteiger partial charge in [0.25, 0.3) is 5.91 Å². The number of nitrogens with zero attached hydrogens (tertiary/aromatic N) is 1. The van der Waals surface area contributed by atoms with Crippen LogP contribution in [0, 0.1) is 11.3 Å². The lowest BCUT2D eigenvalue weighted by Gasteiger charge is -2.32. The Balaban J connectivity index is 1.28. The summed E-state index contributed by atoms with van der Waals surface area (Å²) in [6.07, 6.45) is 0. The van der Waals surface area contributed by atoms with Crippen LogP contribution in [0.4, 0.5) is 5.00 Å². The number of hydrogen-bond acceptors (Lipinski definition) is 5. The van der Waals surface area contributed by atoms with Gasteiger partial charge in [-0.25, -0.2) is 0 Å². The van der Waals surface area contributed by atoms with Crippen molar-refractivity contribution in [2.45, 2.75) is 19.5 Å². The van der Waals surface area contributed by atoms with Gasteiger partial charge in [0.05, 0.1) is 5.56 Å². The normalized spacial score (nSPS) is 21.7. The number of thiophene rings is 1. The quantitative estimate of drug-likeness (QED) is 0.642. The Hall–Kier alpha value is -2.60. The number of carbonyl (C=O) groups excluding carboxylic acids is 1. The van der Waals surface area contributed by atoms with E-state index in [0.29, 0.717) is 17.4 Å². The van der Waals surface area contributed by atoms with E-state index >= 15 is 0 Å². The topological polar surface area (TPSA) is 80.2 Å². The van der Waals surface area contributed by atoms with Gasteiger partial charge in [0.1, 0.15) is 43.8 Å². The highest BCUT2D eigenvalue weighted by Gasteiger charge is 2.31. The van der Waals surface area contributed by atoms with Crippen LogP contribution in [-0.4, -0.2) is 44.9 Å². The maximum Gasteiger partial charge on any atom is 0.283 e. The van der Waals surface area contributed by atoms with Gasteiger partial charge in [-0.3, -0.25) is 4.79 Å². The predicted molar refractivity (Wildman–Crippen MR) is 105 cm³/mol. The minimum atomic E-state index is -0.138. The molecule has 3 N–H and O–H groups in total. The molecule has 2 aliphatic rings. The lowest BCUT2D eigenvalue weighted by Crippen LogP contribution is -3.29. The summed E-state index contributed by atoms with van der Waals surface area (Å²) in [5, 5.41) is 14.5. The van der Waals surface area contributed by atoms with E-state index < -0.39 is 0 Å². The number of carbonyl (C=O) groups is 1. The van der Waals surface area contributed by atoms with Gasteiger partial charge < -0.3 is 24.6 Å². The van der Waals surface area contributed by atoms with Crippen molar-refractivity contribution < 1.29 is 24.1 Å². The summed E-state index contributed by atoms with van der Waals surface area (Å²) >= 11 is 1.39. The van der Waals surface area contributed by atoms with Crippen molar-refractivity contribution in [3.8, 4) is 17.6 Å². The van der Waals surface area contributed by atoms with Crippen molar-refractivity contribution in [1.82, 2.24) is 0 Å². The smallest absolute Gasteiger partial charge is 0.283 e. The molecule has 1 fully saturated rings. The zero-order valence-electron chi connectivity index (χ0n) is 15.8. The molecule has 4 rings (SSSR count). The number of rotatable bonds is 5. The highest BCUT2D eigenvalue weighted by molar-refractivity contribution is 7.14. The average molecular weight is 401 g/mol. The fourth-order valence-corrected chi connectivity index (χ4v) is 4.51. The molecule has 2 aliphatic heterocycles. The van der Waals surface area contributed by atoms with E-state index in [9.17, 15) is 4.79 Å². The van der Waals surface area contributed by atoms with Crippen LogP contribution in [0.1, 0.15) is 18.1 Å². The number of benzene rings is 1. The van der Waals surface area contributed by atoms with Gasteiger partial charge in [-0.05, 0) is 36.6 Å². The lowest BCUT2D eigenvalue weighted by atomic mass is 10.1. The van der Waals surface area contributed by atoms with Crippen molar-refractivity contribution in [3.05, 3.63) is 40.8 Å². The van der Waals surface area contributed by atoms with E-state index in [2.05, 4.69) is 23.5 Å². The van der Waals surface area contributed by atoms with Crippen LogP contribution in [-0.2, 0) is 11.3 Å². The van der Waals surface area contributed by atoms with Crippen LogP contribution in [0.3, 0.4) is 0 Å². The van der Waals surface area contributed by atoms with Gasteiger partial charge in [-0.15, -0.1) is 11.3 Å². The molecule has 1 amide bonds. The van der Waals surface area contributed by atoms with Crippen LogP contribution >= 0.6 is 11.3 Å². The van der Waals surface area contributed by atoms with E-state index in [1.54, 1.807) is 6.07 Å². The third-order valence-electron chi connectivity index (χ3n) is 5.52. The Labute approximate surface area is 168 Å². The first-order valence-corrected chi connectivity index (χ1v) is 10.4. The number of nitriles is 1. The van der Waals surface area contributed by atoms with E-state index in [0.717, 1.165) is 44.2 Å². The maximum atomic E-state index is 12.6. The molecule has 0 saturated carbocycles. The maximum absolute atomic E-state index is 12.6. The van der Waals surface area contributed by atoms with Crippen LogP contribution in [0.15, 0.2) is 29.6 Å². The molecular formula is C20H24N4O3S+2. The molecule has 1 aromatic carbocycles. The first-order chi connectivity index (χ1) is 13.6. The molecule has 146 valence electrons. The molecule has 0 spiro atoms. The Morgan fingerprint density at radius 2 is 2.04 bits per heavy atom. The minimum Gasteiger partial charge on any atom is -0.454 e. The number of quaternary nitrogens is 2. The Bertz CT molecular complexity index is 899. The molecule has 2 aromatic rings. The second-order valence-corrected chi connectivity index (χ2v) is 8.17. The summed E-state index contributed by atoms with van der Waals surface area (Å²) in [5.41, 5.74) is 1.77. The van der Waals surface area contributed by atoms with Gasteiger partial charge in [-0.2, -0.15) is 5.26 Å². The number of nitrogens with one attached hydrogen (secondary N) is 3. The number of hydrogen-bond donors (Lipinski definition) is 3. The van der Waals surface area contributed by atoms with E-state index in [-0.39, 0.29) is 11.9 Å². The number of ether oxygens (including phenoxy) is 2. The molecule has 0 radical (unpaired) electrons. The molecule has 7 nitrogen and oxygen atoms in total. The second kappa shape index (κ2) is 8.19. The van der Waals surface area contributed by atoms with E-state index in [4.69, 9.17) is 14.7 Å². The third kappa shape index (κ3) is 3.97. The molecule has 3 heterocycles. The van der Waals surface area contributed by atoms with Gasteiger partial charge in [0.15, 0.2) is 17.5 Å². The molecule has 1 saturated heterocycles. The van der Waals surface area contributed by atoms with Crippen molar-refractivity contribution in [1.29, 1.82) is 5.26 Å². The molecular weight excluding hydrogens is 376 g/mol. The SMILES string of the molecule is C[C@@H](C(=O)Nc1sccc1C#N)[NH+]1CC[NH+](Cc2ccc3c(c2)OCO3)CC1. The van der Waals surface area contributed by atoms with Gasteiger partial charge >= 0.3 is 0 Å². The van der Waals surface area contributed by atoms with Gasteiger partial charge in [0, 0.05) is 5.56 Å². The Morgan fingerprint density at radius 1 is 1.25 bits per heavy atom. The lowest BCUT2D eigenvalue weighted by molar-refractivity contribution is -1.02. The molecule has 1 aromatic heterocycles. The Kier molecular flexibility index (Phi) is 5.48. The average Bonchev–Trinajstić information content (AvgIpc) is 3.36. The summed E-state index contributed by atoms with van der Waals surface area (Å²) in [6, 6.07) is 9.85. The van der Waals surface area contributed by atoms with Crippen molar-refractivity contribution in [2.75, 3.05) is 38.3 Å². The third-order valence-corrected chi connectivity index (χ3v) is 6.35. The molecule has 1 atom stereocenters. The predicted octanol–water partition coefficient (Wildman–Crippen LogP) is -0.341. The fourth-order valence-electron chi connectivity index (χ4n) is 3.77. The Morgan fingerprint density at radius 3 is 2.82 bits per heavy atom. The van der Waals surface area contributed by atoms with E-state index in [1.165, 1.54) is 26.7 Å². The minimum absolute atomic E-state index is 0.0202. The second-order valence-electron chi connectivity index (χ2n) is 7.26. The van der Waals surface area contributed by atoms with Crippen LogP contribution in [0.2, 0.25) is 0 Å². The number of piperazine rings is 1. The molecule has 8 heteroatoms. The van der Waals surface area contributed by atoms with Gasteiger partial charge in [-0.1, -0.05) is 0 Å². The fraction of sp³-hybridized carbons (Fsp3) is 0.400. The summed E-state index contributed by atoms with van der Waals surface area (Å²) in [7, 11) is 0. The number of anilines is 1. The van der Waals surface area contributed by atoms with Crippen molar-refractivity contribution in [2.24, 2.45) is 0 Å². The first-order valence-electron chi connectivity index (χ1n) is 9.49. The number of amides is 1. The van der Waals surface area contributed by atoms with Gasteiger partial charge in [0.2, 0.25) is 6.79 Å². The monoisotopic (exact) mass is 400 g/mol. The highest BCUT2D eigenvalue weighted by atomic mass is 32.1. The van der Waals surface area contributed by atoms with Crippen molar-refractivity contribution >= 4 is 22.2 Å². The van der Waals surface area contributed by atoms with Crippen molar-refractivity contribution in [3.63, 3.8) is 0 Å². The van der Waals surface area contributed by atoms with E-state index in [1.807, 2.05) is 18.4 Å². The largest absolute Gasteiger partial charge is 0.454 e. The van der Waals surface area contributed by atoms with Crippen LogP contribution in [0.25, 0.3) is 0 Å². The molecule has 0 unspecified atom stereocenters. The summed E-state index contributed by atoms with van der Waals surface area (Å²) in [6.45, 7) is 7.15. The van der Waals surface area contributed by atoms with Crippen LogP contribution in [0.5, 0.6) is 11.5 Å². The molecule has 0 bridgehead atoms. The first kappa shape index (κ1) is 18.7. The summed E-state index contributed by atoms with van der Waals surface area (Å²) in [4.78, 5) is 15.4. The van der Waals surface area contributed by atoms with Crippen LogP contribution < -0.4 is 24.6 Å². The standard InChI is InChI=1S/C20H22N4O3S/c1-14(19(25)22-20-16(11-21)4-9-28-20)24-7-5-23(6-8-24)12-15-2-3-17-18(10-15)27-13-26-17/h2-4,9-10,14H,5-8,12-13H2,1H3,(H,22,25)/p+2/t14-/m0/s1. The molecule has 0 aliphatic carbocycles. The zero-order valence-corrected chi connectivity index (χ0v) is 16.6. The summed E-state index contributed by atoms with van der Waals surface area (Å²) in [5.74, 6) is 1.63. The molecule has 28 heavy (non-hydrogen) atoms. The highest BCUT2D eigenvalue weighted by Crippen LogP contribution is 2.32.